The van der Waals surface area contributed by atoms with E-state index in [1.807, 2.05) is 30.0 Å². The average molecular weight is 690 g/mol. The summed E-state index contributed by atoms with van der Waals surface area (Å²) in [5.74, 6) is 0.0803. The molecule has 14 heteroatoms. The summed E-state index contributed by atoms with van der Waals surface area (Å²) in [7, 11) is 0. The first-order chi connectivity index (χ1) is 23.7. The van der Waals surface area contributed by atoms with Gasteiger partial charge in [-0.1, -0.05) is 18.2 Å². The van der Waals surface area contributed by atoms with Crippen LogP contribution in [-0.4, -0.2) is 80.6 Å². The molecule has 0 spiro atoms. The minimum atomic E-state index is -2.10. The van der Waals surface area contributed by atoms with Gasteiger partial charge < -0.3 is 23.9 Å². The smallest absolute Gasteiger partial charge is 0.407 e. The van der Waals surface area contributed by atoms with Crippen molar-refractivity contribution >= 4 is 44.9 Å². The lowest BCUT2D eigenvalue weighted by Crippen LogP contribution is -2.57. The van der Waals surface area contributed by atoms with Crippen LogP contribution in [0.4, 0.5) is 15.0 Å². The third kappa shape index (κ3) is 6.03. The number of benzene rings is 2. The Balaban J connectivity index is 1.32. The molecule has 5 aliphatic rings. The van der Waals surface area contributed by atoms with Crippen molar-refractivity contribution in [2.45, 2.75) is 69.4 Å². The number of nitrogens with one attached hydrogen (secondary N) is 1. The number of nitrogens with zero attached hydrogens (tertiary/aromatic N) is 5. The van der Waals surface area contributed by atoms with Crippen molar-refractivity contribution in [1.82, 2.24) is 25.2 Å². The van der Waals surface area contributed by atoms with Crippen molar-refractivity contribution in [3.05, 3.63) is 47.9 Å². The molecule has 0 radical (unpaired) electrons. The van der Waals surface area contributed by atoms with E-state index in [1.165, 1.54) is 0 Å². The van der Waals surface area contributed by atoms with Crippen LogP contribution in [0.1, 0.15) is 57.4 Å². The summed E-state index contributed by atoms with van der Waals surface area (Å²) in [6.45, 7) is 5.79. The van der Waals surface area contributed by atoms with E-state index in [2.05, 4.69) is 10.2 Å². The highest BCUT2D eigenvalue weighted by Crippen LogP contribution is 2.41. The van der Waals surface area contributed by atoms with Gasteiger partial charge in [-0.2, -0.15) is 14.2 Å². The lowest BCUT2D eigenvalue weighted by atomic mass is 9.91. The zero-order valence-electron chi connectivity index (χ0n) is 27.5. The number of aryl methyl sites for hydroxylation is 1. The topological polar surface area (TPSA) is 145 Å². The Kier molecular flexibility index (Phi) is 8.27. The van der Waals surface area contributed by atoms with E-state index in [1.54, 1.807) is 18.3 Å². The van der Waals surface area contributed by atoms with Crippen LogP contribution in [0.2, 0.25) is 0 Å². The third-order valence-electron chi connectivity index (χ3n) is 10.6. The van der Waals surface area contributed by atoms with Crippen molar-refractivity contribution in [3.8, 4) is 23.0 Å². The molecular formula is C35H40FN7O5S. The molecule has 2 unspecified atom stereocenters. The Hall–Kier alpha value is -4.14. The van der Waals surface area contributed by atoms with Gasteiger partial charge in [0.2, 0.25) is 0 Å². The maximum absolute atomic E-state index is 17.2. The van der Waals surface area contributed by atoms with Crippen LogP contribution < -0.4 is 24.3 Å². The molecule has 12 nitrogen and oxygen atoms in total. The van der Waals surface area contributed by atoms with E-state index in [9.17, 15) is 9.00 Å². The number of anilines is 1. The van der Waals surface area contributed by atoms with Gasteiger partial charge in [0, 0.05) is 24.8 Å². The molecule has 2 aromatic carbocycles. The quantitative estimate of drug-likeness (QED) is 0.296. The number of fused-ring (bicyclic) bond motifs is 7. The van der Waals surface area contributed by atoms with E-state index in [0.29, 0.717) is 49.3 Å². The van der Waals surface area contributed by atoms with Crippen LogP contribution in [0, 0.1) is 5.82 Å². The number of nitrogens with two attached hydrogens (primary N) is 1. The summed E-state index contributed by atoms with van der Waals surface area (Å²) >= 11 is -2.10. The number of carbonyl (C=O) groups is 1. The Morgan fingerprint density at radius 3 is 2.73 bits per heavy atom. The zero-order valence-corrected chi connectivity index (χ0v) is 28.3. The van der Waals surface area contributed by atoms with Gasteiger partial charge in [0.15, 0.2) is 5.82 Å². The second-order valence-corrected chi connectivity index (χ2v) is 14.7. The fraction of sp³-hybridized carbons (Fsp3) is 0.486. The van der Waals surface area contributed by atoms with Crippen LogP contribution in [0.15, 0.2) is 36.5 Å². The second-order valence-electron chi connectivity index (χ2n) is 14.0. The fourth-order valence-corrected chi connectivity index (χ4v) is 8.71. The van der Waals surface area contributed by atoms with E-state index < -0.39 is 28.7 Å². The van der Waals surface area contributed by atoms with Gasteiger partial charge in [-0.05, 0) is 99.8 Å². The van der Waals surface area contributed by atoms with Crippen LogP contribution >= 0.6 is 0 Å². The number of piperidine rings is 1. The summed E-state index contributed by atoms with van der Waals surface area (Å²) in [6, 6.07) is 9.14. The molecule has 5 aliphatic heterocycles. The van der Waals surface area contributed by atoms with Crippen molar-refractivity contribution in [1.29, 1.82) is 0 Å². The lowest BCUT2D eigenvalue weighted by molar-refractivity contribution is 0.107. The summed E-state index contributed by atoms with van der Waals surface area (Å²) in [5, 5.41) is 10.5. The maximum Gasteiger partial charge on any atom is 0.407 e. The number of hydrogen-bond donors (Lipinski definition) is 2. The van der Waals surface area contributed by atoms with E-state index in [0.717, 1.165) is 68.0 Å². The molecule has 2 atom stereocenters. The Morgan fingerprint density at radius 1 is 1.10 bits per heavy atom. The van der Waals surface area contributed by atoms with Crippen LogP contribution in [-0.2, 0) is 22.4 Å². The minimum absolute atomic E-state index is 0.0560. The number of halogens is 1. The Morgan fingerprint density at radius 2 is 1.92 bits per heavy atom. The number of alkyl carbamates (subject to hydrolysis) is 1. The lowest BCUT2D eigenvalue weighted by Gasteiger charge is -2.41. The molecule has 6 bridgehead atoms. The molecule has 3 N–H and O–H groups in total. The number of amides is 1. The summed E-state index contributed by atoms with van der Waals surface area (Å²) in [6.07, 6.45) is 8.06. The predicted octanol–water partition coefficient (Wildman–Crippen LogP) is 4.94. The molecule has 9 rings (SSSR count). The minimum Gasteiger partial charge on any atom is -0.461 e. The van der Waals surface area contributed by atoms with Gasteiger partial charge in [0.05, 0.1) is 23.1 Å². The first-order valence-electron chi connectivity index (χ1n) is 17.0. The fourth-order valence-electron chi connectivity index (χ4n) is 8.42. The van der Waals surface area contributed by atoms with Gasteiger partial charge in [-0.3, -0.25) is 9.88 Å². The number of pyridine rings is 1. The highest BCUT2D eigenvalue weighted by Gasteiger charge is 2.45. The molecule has 2 aromatic heterocycles. The van der Waals surface area contributed by atoms with Crippen LogP contribution in [0.3, 0.4) is 0 Å². The van der Waals surface area contributed by atoms with Crippen molar-refractivity contribution in [2.75, 3.05) is 44.3 Å². The molecular weight excluding hydrogens is 649 g/mol. The number of hydrogen-bond acceptors (Lipinski definition) is 10. The van der Waals surface area contributed by atoms with Gasteiger partial charge in [-0.25, -0.2) is 14.3 Å². The van der Waals surface area contributed by atoms with Gasteiger partial charge >= 0.3 is 12.1 Å². The number of aromatic nitrogens is 3. The maximum atomic E-state index is 17.2. The highest BCUT2D eigenvalue weighted by atomic mass is 32.2. The summed E-state index contributed by atoms with van der Waals surface area (Å²) < 4.78 is 46.5. The Bertz CT molecular complexity index is 1970. The molecule has 7 heterocycles. The van der Waals surface area contributed by atoms with Crippen LogP contribution in [0.5, 0.6) is 11.8 Å². The largest absolute Gasteiger partial charge is 0.461 e. The van der Waals surface area contributed by atoms with Gasteiger partial charge in [0.1, 0.15) is 29.4 Å². The van der Waals surface area contributed by atoms with Gasteiger partial charge in [0.25, 0.3) is 11.3 Å². The monoisotopic (exact) mass is 689 g/mol. The first kappa shape index (κ1) is 32.1. The molecule has 1 amide bonds. The molecule has 3 fully saturated rings. The molecule has 258 valence electrons. The van der Waals surface area contributed by atoms with E-state index >= 15 is 4.39 Å². The molecule has 49 heavy (non-hydrogen) atoms. The number of rotatable bonds is 5. The van der Waals surface area contributed by atoms with Crippen molar-refractivity contribution < 1.29 is 27.1 Å². The SMILES string of the molecule is CC12CCCN(C1)c1nc(OCC34CCCN3CCC4)nc3c(F)c(ncc13)-c1cc(OS(N)=O)cc3cccc(c13)CCCOC(=O)N2. The standard InChI is InChI=1S/C35H40FN7O5S/c1-34-10-4-13-42(20-34)31-26-19-38-29(28(36)30(26)39-32(40-31)47-21-35-11-5-14-43(35)15-6-12-35)25-18-24(48-49(37)45)17-23-8-2-7-22(27(23)25)9-3-16-46-33(44)41-34/h2,7-8,17-19H,3-6,9-16,20-21,37H2,1H3,(H,41,44). The number of carbonyl (C=O) groups excluding carboxylic acids is 1. The van der Waals surface area contributed by atoms with E-state index in [-0.39, 0.29) is 35.1 Å². The van der Waals surface area contributed by atoms with Crippen LogP contribution in [0.25, 0.3) is 32.9 Å². The normalized spacial score (nSPS) is 22.9. The second kappa shape index (κ2) is 12.6. The number of ether oxygens (including phenoxy) is 2. The summed E-state index contributed by atoms with van der Waals surface area (Å²) in [4.78, 5) is 31.9. The first-order valence-corrected chi connectivity index (χ1v) is 18.2. The molecule has 0 aliphatic carbocycles. The zero-order chi connectivity index (χ0) is 33.8. The average Bonchev–Trinajstić information content (AvgIpc) is 3.65. The third-order valence-corrected chi connectivity index (χ3v) is 11.0. The molecule has 0 saturated carbocycles. The predicted molar refractivity (Wildman–Crippen MR) is 184 cm³/mol. The highest BCUT2D eigenvalue weighted by molar-refractivity contribution is 7.78. The Labute approximate surface area is 286 Å². The molecule has 4 aromatic rings. The molecule has 3 saturated heterocycles. The van der Waals surface area contributed by atoms with Crippen molar-refractivity contribution in [2.24, 2.45) is 5.14 Å². The van der Waals surface area contributed by atoms with Gasteiger partial charge in [-0.15, -0.1) is 0 Å². The summed E-state index contributed by atoms with van der Waals surface area (Å²) in [5.41, 5.74) is 0.824. The van der Waals surface area contributed by atoms with E-state index in [4.69, 9.17) is 33.7 Å². The van der Waals surface area contributed by atoms with Crippen molar-refractivity contribution in [3.63, 3.8) is 0 Å².